The number of aryl methyl sites for hydroxylation is 1. The van der Waals surface area contributed by atoms with Crippen LogP contribution in [0.2, 0.25) is 5.02 Å². The SMILES string of the molecule is CCCCC1C(=O)N(c2ccccc2)N(c2ccc(O)cc2)C1=O.Cc1ccc(Cl)c(OCC(O)CNC(C)(C)C)c1.O. The fourth-order valence-electron chi connectivity index (χ4n) is 4.29. The number of carbonyl (C=O) groups is 2. The van der Waals surface area contributed by atoms with E-state index >= 15 is 0 Å². The van der Waals surface area contributed by atoms with Crippen LogP contribution in [-0.2, 0) is 9.59 Å². The fraction of sp³-hybridized carbons (Fsp3) is 0.394. The van der Waals surface area contributed by atoms with E-state index in [2.05, 4.69) is 26.1 Å². The van der Waals surface area contributed by atoms with Crippen molar-refractivity contribution in [3.63, 3.8) is 0 Å². The lowest BCUT2D eigenvalue weighted by molar-refractivity contribution is -0.127. The van der Waals surface area contributed by atoms with Crippen LogP contribution in [0.15, 0.2) is 72.8 Å². The molecule has 1 aliphatic heterocycles. The smallest absolute Gasteiger partial charge is 0.258 e. The van der Waals surface area contributed by atoms with Gasteiger partial charge in [0.15, 0.2) is 0 Å². The summed E-state index contributed by atoms with van der Waals surface area (Å²) < 4.78 is 5.52. The van der Waals surface area contributed by atoms with Gasteiger partial charge < -0.3 is 25.7 Å². The number of phenolic OH excluding ortho intramolecular Hbond substituents is 1. The van der Waals surface area contributed by atoms with Crippen LogP contribution >= 0.6 is 11.6 Å². The summed E-state index contributed by atoms with van der Waals surface area (Å²) in [5.74, 6) is -0.341. The maximum absolute atomic E-state index is 12.9. The summed E-state index contributed by atoms with van der Waals surface area (Å²) in [6.45, 7) is 10.9. The standard InChI is InChI=1S/C19H20N2O3.C14H22ClNO2.H2O/c1-2-3-9-17-18(23)20(14-7-5-4-6-8-14)21(19(17)24)15-10-12-16(22)13-11-15;1-10-5-6-12(15)13(7-10)18-9-11(17)8-16-14(2,3)4;/h4-8,10-13,17,22H,2-3,9H2,1H3;5-7,11,16-17H,8-9H2,1-4H3;1H2. The van der Waals surface area contributed by atoms with E-state index < -0.39 is 12.0 Å². The van der Waals surface area contributed by atoms with E-state index in [0.717, 1.165) is 18.4 Å². The minimum atomic E-state index is -0.654. The molecule has 5 N–H and O–H groups in total. The largest absolute Gasteiger partial charge is 0.508 e. The number of aromatic hydroxyl groups is 1. The van der Waals surface area contributed by atoms with Crippen molar-refractivity contribution in [1.29, 1.82) is 0 Å². The van der Waals surface area contributed by atoms with Gasteiger partial charge in [-0.15, -0.1) is 0 Å². The van der Waals surface area contributed by atoms with Crippen LogP contribution < -0.4 is 20.1 Å². The molecule has 0 saturated carbocycles. The van der Waals surface area contributed by atoms with Gasteiger partial charge in [-0.25, -0.2) is 10.0 Å². The molecule has 1 fully saturated rings. The Labute approximate surface area is 259 Å². The van der Waals surface area contributed by atoms with Gasteiger partial charge in [0.2, 0.25) is 0 Å². The van der Waals surface area contributed by atoms with Crippen LogP contribution in [0.4, 0.5) is 11.4 Å². The van der Waals surface area contributed by atoms with Crippen molar-refractivity contribution in [2.45, 2.75) is 65.5 Å². The van der Waals surface area contributed by atoms with Gasteiger partial charge in [-0.3, -0.25) is 9.59 Å². The third-order valence-electron chi connectivity index (χ3n) is 6.54. The van der Waals surface area contributed by atoms with Gasteiger partial charge in [-0.2, -0.15) is 0 Å². The van der Waals surface area contributed by atoms with Crippen LogP contribution in [-0.4, -0.2) is 52.3 Å². The van der Waals surface area contributed by atoms with Crippen molar-refractivity contribution in [3.05, 3.63) is 83.4 Å². The topological polar surface area (TPSA) is 134 Å². The molecule has 1 aliphatic rings. The number of carbonyl (C=O) groups excluding carboxylic acids is 2. The van der Waals surface area contributed by atoms with Gasteiger partial charge in [-0.05, 0) is 88.2 Å². The summed E-state index contributed by atoms with van der Waals surface area (Å²) in [5, 5.41) is 25.9. The molecule has 43 heavy (non-hydrogen) atoms. The average Bonchev–Trinajstić information content (AvgIpc) is 3.21. The predicted molar refractivity (Wildman–Crippen MR) is 172 cm³/mol. The molecule has 2 amide bonds. The van der Waals surface area contributed by atoms with Gasteiger partial charge in [0.05, 0.1) is 16.4 Å². The Morgan fingerprint density at radius 1 is 0.953 bits per heavy atom. The number of aliphatic hydroxyl groups excluding tert-OH is 1. The summed E-state index contributed by atoms with van der Waals surface area (Å²) in [5.41, 5.74) is 2.29. The van der Waals surface area contributed by atoms with Crippen LogP contribution in [0, 0.1) is 12.8 Å². The molecule has 2 unspecified atom stereocenters. The highest BCUT2D eigenvalue weighted by molar-refractivity contribution is 6.32. The third-order valence-corrected chi connectivity index (χ3v) is 6.85. The second-order valence-corrected chi connectivity index (χ2v) is 11.8. The van der Waals surface area contributed by atoms with Gasteiger partial charge in [0.1, 0.15) is 30.1 Å². The minimum Gasteiger partial charge on any atom is -0.508 e. The first-order chi connectivity index (χ1) is 19.9. The molecule has 0 aromatic heterocycles. The summed E-state index contributed by atoms with van der Waals surface area (Å²) in [4.78, 5) is 25.8. The Balaban J connectivity index is 0.000000306. The van der Waals surface area contributed by atoms with E-state index in [1.54, 1.807) is 30.3 Å². The lowest BCUT2D eigenvalue weighted by Crippen LogP contribution is -2.42. The molecule has 2 atom stereocenters. The van der Waals surface area contributed by atoms with E-state index in [9.17, 15) is 19.8 Å². The quantitative estimate of drug-likeness (QED) is 0.261. The fourth-order valence-corrected chi connectivity index (χ4v) is 4.46. The number of ether oxygens (including phenoxy) is 1. The van der Waals surface area contributed by atoms with Crippen molar-refractivity contribution in [2.24, 2.45) is 5.92 Å². The van der Waals surface area contributed by atoms with Gasteiger partial charge in [-0.1, -0.05) is 55.6 Å². The van der Waals surface area contributed by atoms with Gasteiger partial charge >= 0.3 is 0 Å². The maximum Gasteiger partial charge on any atom is 0.258 e. The number of para-hydroxylation sites is 1. The Morgan fingerprint density at radius 2 is 1.53 bits per heavy atom. The number of aliphatic hydroxyl groups is 1. The summed E-state index contributed by atoms with van der Waals surface area (Å²) >= 11 is 6.01. The molecular weight excluding hydrogens is 570 g/mol. The first kappa shape index (κ1) is 35.6. The molecule has 0 bridgehead atoms. The number of β-amino-alcohol motifs (C(OH)–C–C–N with tert-alkyl or cyclic N) is 1. The van der Waals surface area contributed by atoms with Crippen LogP contribution in [0.3, 0.4) is 0 Å². The summed E-state index contributed by atoms with van der Waals surface area (Å²) in [6.07, 6.45) is 1.75. The van der Waals surface area contributed by atoms with Crippen molar-refractivity contribution >= 4 is 34.8 Å². The number of anilines is 2. The van der Waals surface area contributed by atoms with E-state index in [4.69, 9.17) is 16.3 Å². The molecule has 1 saturated heterocycles. The van der Waals surface area contributed by atoms with E-state index in [1.165, 1.54) is 22.2 Å². The Bertz CT molecular complexity index is 1310. The number of nitrogens with zero attached hydrogens (tertiary/aromatic N) is 2. The van der Waals surface area contributed by atoms with E-state index in [-0.39, 0.29) is 35.2 Å². The zero-order valence-corrected chi connectivity index (χ0v) is 26.3. The van der Waals surface area contributed by atoms with Crippen molar-refractivity contribution in [2.75, 3.05) is 23.2 Å². The number of amides is 2. The molecule has 9 nitrogen and oxygen atoms in total. The Kier molecular flexibility index (Phi) is 13.5. The second kappa shape index (κ2) is 16.3. The monoisotopic (exact) mass is 613 g/mol. The highest BCUT2D eigenvalue weighted by Gasteiger charge is 2.46. The normalized spacial score (nSPS) is 15.5. The molecule has 0 radical (unpaired) electrons. The molecular formula is C33H44ClN3O6. The molecule has 0 aliphatic carbocycles. The van der Waals surface area contributed by atoms with Crippen LogP contribution in [0.25, 0.3) is 0 Å². The molecule has 10 heteroatoms. The zero-order chi connectivity index (χ0) is 30.9. The molecule has 3 aromatic carbocycles. The maximum atomic E-state index is 12.9. The molecule has 234 valence electrons. The zero-order valence-electron chi connectivity index (χ0n) is 25.5. The number of unbranched alkanes of at least 4 members (excludes halogenated alkanes) is 1. The number of hydrogen-bond donors (Lipinski definition) is 3. The molecule has 1 heterocycles. The Hall–Kier alpha value is -3.63. The number of rotatable bonds is 10. The second-order valence-electron chi connectivity index (χ2n) is 11.4. The Morgan fingerprint density at radius 3 is 2.09 bits per heavy atom. The average molecular weight is 614 g/mol. The van der Waals surface area contributed by atoms with Crippen molar-refractivity contribution in [3.8, 4) is 11.5 Å². The number of hydrazine groups is 1. The van der Waals surface area contributed by atoms with Crippen LogP contribution in [0.1, 0.15) is 52.5 Å². The number of halogens is 1. The summed E-state index contributed by atoms with van der Waals surface area (Å²) in [7, 11) is 0. The first-order valence-corrected chi connectivity index (χ1v) is 14.6. The summed E-state index contributed by atoms with van der Waals surface area (Å²) in [6, 6.07) is 21.0. The lowest BCUT2D eigenvalue weighted by atomic mass is 10.0. The van der Waals surface area contributed by atoms with Gasteiger partial charge in [0.25, 0.3) is 11.8 Å². The van der Waals surface area contributed by atoms with E-state index in [1.807, 2.05) is 44.2 Å². The minimum absolute atomic E-state index is 0. The molecule has 0 spiro atoms. The number of hydrogen-bond acceptors (Lipinski definition) is 6. The highest BCUT2D eigenvalue weighted by atomic mass is 35.5. The molecule has 4 rings (SSSR count). The number of nitrogens with one attached hydrogen (secondary N) is 1. The predicted octanol–water partition coefficient (Wildman–Crippen LogP) is 5.44. The first-order valence-electron chi connectivity index (χ1n) is 14.2. The number of benzene rings is 3. The number of phenols is 1. The van der Waals surface area contributed by atoms with E-state index in [0.29, 0.717) is 35.1 Å². The molecule has 3 aromatic rings. The van der Waals surface area contributed by atoms with Crippen molar-refractivity contribution in [1.82, 2.24) is 5.32 Å². The third kappa shape index (κ3) is 10.2. The lowest BCUT2D eigenvalue weighted by Gasteiger charge is -2.27. The van der Waals surface area contributed by atoms with Crippen molar-refractivity contribution < 1.29 is 30.0 Å². The van der Waals surface area contributed by atoms with Gasteiger partial charge in [0, 0.05) is 12.1 Å². The van der Waals surface area contributed by atoms with Crippen LogP contribution in [0.5, 0.6) is 11.5 Å². The highest BCUT2D eigenvalue weighted by Crippen LogP contribution is 2.34.